The minimum Gasteiger partial charge on any atom is -0.489 e. The minimum atomic E-state index is -1.23. The van der Waals surface area contributed by atoms with Crippen LogP contribution in [0.1, 0.15) is 13.2 Å². The standard InChI is InChI=1S/C19H22ClN5O5/c1-19(20,8-28-11-5-3-2-4-6-11)29-7-12-14(26)15(27)18(30-12)25-10-24-13-16(21)22-9-23-17(13)25/h2-6,9-10,12,14-15,18,26-27H,7-8H2,1H3,(H2,21,22,23)/t12-,14-,15-,18-,19?/m1/s1. The summed E-state index contributed by atoms with van der Waals surface area (Å²) in [5.41, 5.74) is 6.57. The molecule has 0 spiro atoms. The average molecular weight is 436 g/mol. The quantitative estimate of drug-likeness (QED) is 0.465. The van der Waals surface area contributed by atoms with E-state index in [4.69, 9.17) is 31.5 Å². The molecule has 1 unspecified atom stereocenters. The van der Waals surface area contributed by atoms with E-state index in [-0.39, 0.29) is 19.0 Å². The number of alkyl halides is 1. The number of ether oxygens (including phenoxy) is 3. The highest BCUT2D eigenvalue weighted by molar-refractivity contribution is 6.22. The predicted octanol–water partition coefficient (Wildman–Crippen LogP) is 1.08. The first-order valence-corrected chi connectivity index (χ1v) is 9.69. The second kappa shape index (κ2) is 8.32. The lowest BCUT2D eigenvalue weighted by molar-refractivity contribution is -0.0942. The van der Waals surface area contributed by atoms with Gasteiger partial charge in [0.25, 0.3) is 0 Å². The first-order valence-electron chi connectivity index (χ1n) is 9.31. The Bertz CT molecular complexity index is 1000. The molecule has 1 aliphatic rings. The number of para-hydroxylation sites is 1. The van der Waals surface area contributed by atoms with Gasteiger partial charge in [0, 0.05) is 0 Å². The summed E-state index contributed by atoms with van der Waals surface area (Å²) < 4.78 is 18.7. The normalized spacial score (nSPS) is 26.0. The van der Waals surface area contributed by atoms with Crippen molar-refractivity contribution in [1.29, 1.82) is 0 Å². The molecule has 11 heteroatoms. The van der Waals surface area contributed by atoms with Gasteiger partial charge in [0.05, 0.1) is 12.9 Å². The molecule has 0 amide bonds. The van der Waals surface area contributed by atoms with E-state index in [9.17, 15) is 10.2 Å². The number of aromatic nitrogens is 4. The van der Waals surface area contributed by atoms with Crippen LogP contribution in [0.15, 0.2) is 43.0 Å². The third kappa shape index (κ3) is 4.18. The Morgan fingerprint density at radius 1 is 1.20 bits per heavy atom. The van der Waals surface area contributed by atoms with Crippen molar-refractivity contribution < 1.29 is 24.4 Å². The lowest BCUT2D eigenvalue weighted by Crippen LogP contribution is -2.38. The van der Waals surface area contributed by atoms with Gasteiger partial charge in [0.15, 0.2) is 22.8 Å². The zero-order chi connectivity index (χ0) is 21.3. The molecule has 3 heterocycles. The molecule has 4 rings (SSSR count). The number of rotatable bonds is 7. The van der Waals surface area contributed by atoms with Gasteiger partial charge >= 0.3 is 0 Å². The molecule has 2 aromatic heterocycles. The molecule has 30 heavy (non-hydrogen) atoms. The van der Waals surface area contributed by atoms with Crippen LogP contribution in [0.25, 0.3) is 11.2 Å². The number of hydrogen-bond donors (Lipinski definition) is 3. The van der Waals surface area contributed by atoms with Crippen molar-refractivity contribution in [3.05, 3.63) is 43.0 Å². The summed E-state index contributed by atoms with van der Waals surface area (Å²) in [4.78, 5) is 12.2. The van der Waals surface area contributed by atoms with E-state index in [0.29, 0.717) is 16.9 Å². The highest BCUT2D eigenvalue weighted by atomic mass is 35.5. The van der Waals surface area contributed by atoms with Crippen molar-refractivity contribution in [2.24, 2.45) is 0 Å². The number of benzene rings is 1. The van der Waals surface area contributed by atoms with Gasteiger partial charge < -0.3 is 30.2 Å². The molecular formula is C19H22ClN5O5. The summed E-state index contributed by atoms with van der Waals surface area (Å²) in [6.45, 7) is 1.67. The number of anilines is 1. The molecule has 1 aliphatic heterocycles. The van der Waals surface area contributed by atoms with Crippen LogP contribution in [0, 0.1) is 0 Å². The van der Waals surface area contributed by atoms with Crippen LogP contribution in [0.5, 0.6) is 5.75 Å². The third-order valence-electron chi connectivity index (χ3n) is 4.79. The van der Waals surface area contributed by atoms with Crippen LogP contribution in [0.2, 0.25) is 0 Å². The number of hydrogen-bond acceptors (Lipinski definition) is 9. The lowest BCUT2D eigenvalue weighted by atomic mass is 10.1. The second-order valence-corrected chi connectivity index (χ2v) is 7.94. The molecule has 160 valence electrons. The third-order valence-corrected chi connectivity index (χ3v) is 5.01. The minimum absolute atomic E-state index is 0.0589. The van der Waals surface area contributed by atoms with Gasteiger partial charge in [0.1, 0.15) is 42.5 Å². The van der Waals surface area contributed by atoms with Gasteiger partial charge in [-0.25, -0.2) is 15.0 Å². The summed E-state index contributed by atoms with van der Waals surface area (Å²) in [6, 6.07) is 9.20. The molecule has 0 bridgehead atoms. The van der Waals surface area contributed by atoms with Crippen LogP contribution < -0.4 is 10.5 Å². The van der Waals surface area contributed by atoms with Gasteiger partial charge in [-0.1, -0.05) is 29.8 Å². The maximum atomic E-state index is 10.5. The van der Waals surface area contributed by atoms with Gasteiger partial charge in [-0.2, -0.15) is 0 Å². The van der Waals surface area contributed by atoms with Crippen LogP contribution in [-0.2, 0) is 9.47 Å². The zero-order valence-electron chi connectivity index (χ0n) is 16.1. The first kappa shape index (κ1) is 20.8. The largest absolute Gasteiger partial charge is 0.489 e. The predicted molar refractivity (Wildman–Crippen MR) is 108 cm³/mol. The highest BCUT2D eigenvalue weighted by Gasteiger charge is 2.45. The van der Waals surface area contributed by atoms with E-state index in [1.54, 1.807) is 6.92 Å². The fourth-order valence-electron chi connectivity index (χ4n) is 3.18. The van der Waals surface area contributed by atoms with Gasteiger partial charge in [0.2, 0.25) is 0 Å². The summed E-state index contributed by atoms with van der Waals surface area (Å²) in [5.74, 6) is 0.872. The van der Waals surface area contributed by atoms with Crippen LogP contribution in [0.3, 0.4) is 0 Å². The van der Waals surface area contributed by atoms with Crippen LogP contribution in [-0.4, -0.2) is 66.3 Å². The number of halogens is 1. The Hall–Kier alpha value is -2.50. The molecule has 0 radical (unpaired) electrons. The van der Waals surface area contributed by atoms with Crippen LogP contribution >= 0.6 is 11.6 Å². The molecule has 0 aliphatic carbocycles. The molecular weight excluding hydrogens is 414 g/mol. The Balaban J connectivity index is 1.40. The highest BCUT2D eigenvalue weighted by Crippen LogP contribution is 2.33. The fourth-order valence-corrected chi connectivity index (χ4v) is 3.30. The van der Waals surface area contributed by atoms with Crippen LogP contribution in [0.4, 0.5) is 5.82 Å². The summed E-state index contributed by atoms with van der Waals surface area (Å²) >= 11 is 6.39. The zero-order valence-corrected chi connectivity index (χ0v) is 16.9. The molecule has 0 saturated carbocycles. The number of nitrogens with zero attached hydrogens (tertiary/aromatic N) is 4. The number of aliphatic hydroxyl groups excluding tert-OH is 2. The van der Waals surface area contributed by atoms with Gasteiger partial charge in [-0.15, -0.1) is 0 Å². The smallest absolute Gasteiger partial charge is 0.172 e. The SMILES string of the molecule is CC(Cl)(COc1ccccc1)OC[C@H]1O[C@@H](n2cnc3c(N)ncnc32)[C@H](O)[C@@H]1O. The van der Waals surface area contributed by atoms with E-state index >= 15 is 0 Å². The Morgan fingerprint density at radius 2 is 1.97 bits per heavy atom. The number of aliphatic hydroxyl groups is 2. The Labute approximate surface area is 177 Å². The lowest BCUT2D eigenvalue weighted by Gasteiger charge is -2.25. The van der Waals surface area contributed by atoms with Crippen molar-refractivity contribution in [3.8, 4) is 5.75 Å². The van der Waals surface area contributed by atoms with E-state index in [1.807, 2.05) is 30.3 Å². The van der Waals surface area contributed by atoms with Crippen molar-refractivity contribution >= 4 is 28.6 Å². The monoisotopic (exact) mass is 435 g/mol. The van der Waals surface area contributed by atoms with Crippen molar-refractivity contribution in [2.75, 3.05) is 18.9 Å². The summed E-state index contributed by atoms with van der Waals surface area (Å²) in [5, 5.41) is 19.8. The maximum Gasteiger partial charge on any atom is 0.172 e. The summed E-state index contributed by atoms with van der Waals surface area (Å²) in [6.07, 6.45) is -1.45. The second-order valence-electron chi connectivity index (χ2n) is 7.14. The first-order chi connectivity index (χ1) is 14.4. The van der Waals surface area contributed by atoms with E-state index in [2.05, 4.69) is 15.0 Å². The van der Waals surface area contributed by atoms with Gasteiger partial charge in [-0.3, -0.25) is 4.57 Å². The number of nitrogens with two attached hydrogens (primary N) is 1. The molecule has 3 aromatic rings. The molecule has 4 N–H and O–H groups in total. The topological polar surface area (TPSA) is 138 Å². The Morgan fingerprint density at radius 3 is 2.73 bits per heavy atom. The molecule has 5 atom stereocenters. The van der Waals surface area contributed by atoms with Crippen molar-refractivity contribution in [1.82, 2.24) is 19.5 Å². The van der Waals surface area contributed by atoms with E-state index < -0.39 is 29.6 Å². The number of fused-ring (bicyclic) bond motifs is 1. The van der Waals surface area contributed by atoms with Crippen molar-refractivity contribution in [2.45, 2.75) is 36.5 Å². The van der Waals surface area contributed by atoms with Gasteiger partial charge in [-0.05, 0) is 19.1 Å². The van der Waals surface area contributed by atoms with E-state index in [1.165, 1.54) is 17.2 Å². The maximum absolute atomic E-state index is 10.5. The fraction of sp³-hybridized carbons (Fsp3) is 0.421. The van der Waals surface area contributed by atoms with Crippen molar-refractivity contribution in [3.63, 3.8) is 0 Å². The number of nitrogen functional groups attached to an aromatic ring is 1. The molecule has 1 fully saturated rings. The van der Waals surface area contributed by atoms with E-state index in [0.717, 1.165) is 0 Å². The molecule has 10 nitrogen and oxygen atoms in total. The average Bonchev–Trinajstić information content (AvgIpc) is 3.29. The Kier molecular flexibility index (Phi) is 5.76. The number of imidazole rings is 1. The molecule has 1 aromatic carbocycles. The molecule has 1 saturated heterocycles. The summed E-state index contributed by atoms with van der Waals surface area (Å²) in [7, 11) is 0.